The molecule has 0 spiro atoms. The quantitative estimate of drug-likeness (QED) is 0.800. The van der Waals surface area contributed by atoms with E-state index in [0.717, 1.165) is 38.0 Å². The highest BCUT2D eigenvalue weighted by molar-refractivity contribution is 5.77. The van der Waals surface area contributed by atoms with E-state index in [1.165, 1.54) is 12.8 Å². The summed E-state index contributed by atoms with van der Waals surface area (Å²) in [6, 6.07) is 1.36. The number of aliphatic hydroxyl groups is 1. The Morgan fingerprint density at radius 1 is 1.33 bits per heavy atom. The van der Waals surface area contributed by atoms with Gasteiger partial charge >= 0.3 is 0 Å². The average molecular weight is 295 g/mol. The van der Waals surface area contributed by atoms with Gasteiger partial charge in [-0.05, 0) is 12.8 Å². The van der Waals surface area contributed by atoms with Crippen molar-refractivity contribution in [2.45, 2.75) is 51.2 Å². The van der Waals surface area contributed by atoms with Crippen molar-refractivity contribution in [3.8, 4) is 5.75 Å². The number of nitrogens with one attached hydrogen (secondary N) is 1. The van der Waals surface area contributed by atoms with Gasteiger partial charge in [0.2, 0.25) is 11.2 Å². The summed E-state index contributed by atoms with van der Waals surface area (Å²) >= 11 is 0. The lowest BCUT2D eigenvalue weighted by atomic mass is 10.1. The van der Waals surface area contributed by atoms with Gasteiger partial charge in [-0.15, -0.1) is 0 Å². The molecule has 1 amide bonds. The number of hydrogen-bond acceptors (Lipinski definition) is 5. The molecule has 0 aromatic carbocycles. The first-order valence-electron chi connectivity index (χ1n) is 7.34. The summed E-state index contributed by atoms with van der Waals surface area (Å²) in [6.45, 7) is -0.558. The summed E-state index contributed by atoms with van der Waals surface area (Å²) in [5, 5.41) is 11.8. The number of carbonyl (C=O) groups excluding carboxylic acids is 1. The molecule has 0 saturated heterocycles. The molecule has 21 heavy (non-hydrogen) atoms. The summed E-state index contributed by atoms with van der Waals surface area (Å²) in [6.07, 6.45) is 7.84. The number of ether oxygens (including phenoxy) is 1. The molecule has 1 aromatic heterocycles. The van der Waals surface area contributed by atoms with Crippen LogP contribution in [0.4, 0.5) is 0 Å². The van der Waals surface area contributed by atoms with Gasteiger partial charge in [-0.1, -0.05) is 25.7 Å². The van der Waals surface area contributed by atoms with Crippen LogP contribution in [-0.4, -0.2) is 23.7 Å². The van der Waals surface area contributed by atoms with Crippen LogP contribution in [0.25, 0.3) is 0 Å². The van der Waals surface area contributed by atoms with Crippen molar-refractivity contribution in [2.24, 2.45) is 0 Å². The van der Waals surface area contributed by atoms with Crippen LogP contribution >= 0.6 is 0 Å². The van der Waals surface area contributed by atoms with Crippen LogP contribution in [0, 0.1) is 0 Å². The number of rotatable bonds is 5. The third-order valence-corrected chi connectivity index (χ3v) is 3.59. The molecule has 1 saturated carbocycles. The predicted octanol–water partition coefficient (Wildman–Crippen LogP) is 1.35. The monoisotopic (exact) mass is 295 g/mol. The van der Waals surface area contributed by atoms with E-state index in [0.29, 0.717) is 0 Å². The first-order chi connectivity index (χ1) is 10.2. The molecule has 0 aliphatic heterocycles. The molecule has 1 aliphatic rings. The summed E-state index contributed by atoms with van der Waals surface area (Å²) in [7, 11) is 0. The van der Waals surface area contributed by atoms with E-state index in [2.05, 4.69) is 5.32 Å². The molecule has 2 N–H and O–H groups in total. The second kappa shape index (κ2) is 7.83. The lowest BCUT2D eigenvalue weighted by Gasteiger charge is -2.16. The Kier molecular flexibility index (Phi) is 5.80. The number of hydrogen-bond donors (Lipinski definition) is 2. The molecular formula is C15H21NO5. The predicted molar refractivity (Wildman–Crippen MR) is 76.0 cm³/mol. The second-order valence-electron chi connectivity index (χ2n) is 5.28. The lowest BCUT2D eigenvalue weighted by molar-refractivity contribution is -0.123. The van der Waals surface area contributed by atoms with Gasteiger partial charge in [0, 0.05) is 12.1 Å². The Bertz CT molecular complexity index is 517. The molecule has 6 nitrogen and oxygen atoms in total. The van der Waals surface area contributed by atoms with E-state index in [9.17, 15) is 9.59 Å². The van der Waals surface area contributed by atoms with Crippen LogP contribution < -0.4 is 15.5 Å². The Hall–Kier alpha value is -1.82. The minimum absolute atomic E-state index is 0.0248. The third-order valence-electron chi connectivity index (χ3n) is 3.59. The molecule has 6 heteroatoms. The molecule has 116 valence electrons. The van der Waals surface area contributed by atoms with Gasteiger partial charge in [0.1, 0.15) is 18.6 Å². The van der Waals surface area contributed by atoms with Crippen LogP contribution in [0.15, 0.2) is 21.5 Å². The van der Waals surface area contributed by atoms with Gasteiger partial charge in [-0.25, -0.2) is 0 Å². The Labute approximate surface area is 123 Å². The summed E-state index contributed by atoms with van der Waals surface area (Å²) < 4.78 is 10.2. The molecule has 1 aliphatic carbocycles. The van der Waals surface area contributed by atoms with Gasteiger partial charge < -0.3 is 19.6 Å². The lowest BCUT2D eigenvalue weighted by Crippen LogP contribution is -2.37. The van der Waals surface area contributed by atoms with Crippen LogP contribution in [0.1, 0.15) is 44.3 Å². The third kappa shape index (κ3) is 4.90. The summed E-state index contributed by atoms with van der Waals surface area (Å²) in [5.74, 6) is -0.0917. The summed E-state index contributed by atoms with van der Waals surface area (Å²) in [4.78, 5) is 23.4. The molecule has 0 radical (unpaired) electrons. The zero-order valence-electron chi connectivity index (χ0n) is 12.0. The van der Waals surface area contributed by atoms with Crippen LogP contribution in [0.3, 0.4) is 0 Å². The first-order valence-corrected chi connectivity index (χ1v) is 7.34. The summed E-state index contributed by atoms with van der Waals surface area (Å²) in [5.41, 5.74) is -0.410. The van der Waals surface area contributed by atoms with Crippen molar-refractivity contribution in [3.63, 3.8) is 0 Å². The highest BCUT2D eigenvalue weighted by Gasteiger charge is 2.15. The molecule has 0 bridgehead atoms. The minimum Gasteiger partial charge on any atom is -0.477 e. The van der Waals surface area contributed by atoms with E-state index < -0.39 is 5.43 Å². The first kappa shape index (κ1) is 15.6. The Morgan fingerprint density at radius 2 is 2.05 bits per heavy atom. The van der Waals surface area contributed by atoms with E-state index >= 15 is 0 Å². The molecule has 1 aromatic rings. The van der Waals surface area contributed by atoms with Crippen molar-refractivity contribution < 1.29 is 19.1 Å². The van der Waals surface area contributed by atoms with E-state index in [1.807, 2.05) is 0 Å². The topological polar surface area (TPSA) is 88.8 Å². The fraction of sp³-hybridized carbons (Fsp3) is 0.600. The van der Waals surface area contributed by atoms with Gasteiger partial charge in [0.25, 0.3) is 5.91 Å². The normalized spacial score (nSPS) is 16.2. The molecular weight excluding hydrogens is 274 g/mol. The Morgan fingerprint density at radius 3 is 2.67 bits per heavy atom. The van der Waals surface area contributed by atoms with Gasteiger partial charge in [-0.3, -0.25) is 9.59 Å². The van der Waals surface area contributed by atoms with Crippen LogP contribution in [0.5, 0.6) is 5.75 Å². The maximum absolute atomic E-state index is 11.8. The molecule has 1 fully saturated rings. The van der Waals surface area contributed by atoms with Crippen molar-refractivity contribution in [3.05, 3.63) is 28.3 Å². The average Bonchev–Trinajstić information content (AvgIpc) is 2.74. The highest BCUT2D eigenvalue weighted by atomic mass is 16.5. The van der Waals surface area contributed by atoms with Crippen LogP contribution in [-0.2, 0) is 11.4 Å². The molecule has 0 unspecified atom stereocenters. The SMILES string of the molecule is O=C(COc1coc(CO)cc1=O)NC1CCCCCC1. The van der Waals surface area contributed by atoms with Crippen molar-refractivity contribution in [1.29, 1.82) is 0 Å². The van der Waals surface area contributed by atoms with Crippen molar-refractivity contribution >= 4 is 5.91 Å². The number of amides is 1. The zero-order valence-corrected chi connectivity index (χ0v) is 12.0. The van der Waals surface area contributed by atoms with E-state index in [1.54, 1.807) is 0 Å². The van der Waals surface area contributed by atoms with Gasteiger partial charge in [-0.2, -0.15) is 0 Å². The fourth-order valence-electron chi connectivity index (χ4n) is 2.46. The van der Waals surface area contributed by atoms with E-state index in [4.69, 9.17) is 14.3 Å². The van der Waals surface area contributed by atoms with Crippen molar-refractivity contribution in [2.75, 3.05) is 6.61 Å². The maximum atomic E-state index is 11.8. The largest absolute Gasteiger partial charge is 0.477 e. The smallest absolute Gasteiger partial charge is 0.258 e. The standard InChI is InChI=1S/C15H21NO5/c17-8-12-7-13(18)14(9-20-12)21-10-15(19)16-11-5-3-1-2-4-6-11/h7,9,11,17H,1-6,8,10H2,(H,16,19). The highest BCUT2D eigenvalue weighted by Crippen LogP contribution is 2.17. The zero-order chi connectivity index (χ0) is 15.1. The van der Waals surface area contributed by atoms with E-state index in [-0.39, 0.29) is 36.7 Å². The molecule has 2 rings (SSSR count). The molecule has 0 atom stereocenters. The minimum atomic E-state index is -0.410. The number of carbonyl (C=O) groups is 1. The number of aliphatic hydroxyl groups excluding tert-OH is 1. The second-order valence-corrected chi connectivity index (χ2v) is 5.28. The maximum Gasteiger partial charge on any atom is 0.258 e. The van der Waals surface area contributed by atoms with Crippen LogP contribution in [0.2, 0.25) is 0 Å². The van der Waals surface area contributed by atoms with Gasteiger partial charge in [0.15, 0.2) is 6.61 Å². The Balaban J connectivity index is 1.82. The van der Waals surface area contributed by atoms with Gasteiger partial charge in [0.05, 0.1) is 0 Å². The van der Waals surface area contributed by atoms with Crippen molar-refractivity contribution in [1.82, 2.24) is 5.32 Å². The fourth-order valence-corrected chi connectivity index (χ4v) is 2.46. The molecule has 1 heterocycles.